The van der Waals surface area contributed by atoms with Crippen molar-refractivity contribution >= 4 is 0 Å². The molecule has 2 heterocycles. The van der Waals surface area contributed by atoms with Gasteiger partial charge in [-0.25, -0.2) is 0 Å². The van der Waals surface area contributed by atoms with Crippen LogP contribution in [0.15, 0.2) is 0 Å². The third-order valence-electron chi connectivity index (χ3n) is 4.23. The van der Waals surface area contributed by atoms with Crippen LogP contribution in [0.2, 0.25) is 0 Å². The fourth-order valence-electron chi connectivity index (χ4n) is 2.90. The quantitative estimate of drug-likeness (QED) is 0.818. The Hall–Kier alpha value is -0.120. The molecule has 2 fully saturated rings. The second kappa shape index (κ2) is 6.17. The van der Waals surface area contributed by atoms with Crippen molar-refractivity contribution in [1.82, 2.24) is 5.32 Å². The Labute approximate surface area is 105 Å². The van der Waals surface area contributed by atoms with Gasteiger partial charge < -0.3 is 14.8 Å². The first-order valence-electron chi connectivity index (χ1n) is 7.12. The van der Waals surface area contributed by atoms with E-state index in [4.69, 9.17) is 9.47 Å². The van der Waals surface area contributed by atoms with E-state index in [9.17, 15) is 0 Å². The molecule has 3 heteroatoms. The van der Waals surface area contributed by atoms with Crippen molar-refractivity contribution < 1.29 is 9.47 Å². The van der Waals surface area contributed by atoms with Crippen LogP contribution < -0.4 is 5.32 Å². The fraction of sp³-hybridized carbons (Fsp3) is 1.00. The molecule has 4 atom stereocenters. The van der Waals surface area contributed by atoms with Gasteiger partial charge in [-0.2, -0.15) is 0 Å². The number of nitrogens with one attached hydrogen (secondary N) is 1. The SMILES string of the molecule is CC(C)C1CC(NC(C)C2CCOC2)CCO1. The zero-order valence-corrected chi connectivity index (χ0v) is 11.4. The van der Waals surface area contributed by atoms with Gasteiger partial charge in [-0.05, 0) is 38.0 Å². The predicted octanol–water partition coefficient (Wildman–Crippen LogP) is 2.20. The molecule has 0 bridgehead atoms. The van der Waals surface area contributed by atoms with Crippen molar-refractivity contribution in [3.05, 3.63) is 0 Å². The van der Waals surface area contributed by atoms with Crippen LogP contribution >= 0.6 is 0 Å². The van der Waals surface area contributed by atoms with Crippen LogP contribution in [0.5, 0.6) is 0 Å². The van der Waals surface area contributed by atoms with Crippen LogP contribution in [0.25, 0.3) is 0 Å². The fourth-order valence-corrected chi connectivity index (χ4v) is 2.90. The van der Waals surface area contributed by atoms with E-state index in [-0.39, 0.29) is 0 Å². The highest BCUT2D eigenvalue weighted by molar-refractivity contribution is 4.84. The summed E-state index contributed by atoms with van der Waals surface area (Å²) in [6.07, 6.45) is 3.97. The molecule has 0 spiro atoms. The maximum atomic E-state index is 5.81. The van der Waals surface area contributed by atoms with Gasteiger partial charge in [0.25, 0.3) is 0 Å². The van der Waals surface area contributed by atoms with Gasteiger partial charge in [-0.1, -0.05) is 13.8 Å². The number of hydrogen-bond acceptors (Lipinski definition) is 3. The Bertz CT molecular complexity index is 226. The van der Waals surface area contributed by atoms with Gasteiger partial charge in [0, 0.05) is 25.3 Å². The van der Waals surface area contributed by atoms with Gasteiger partial charge in [-0.3, -0.25) is 0 Å². The monoisotopic (exact) mass is 241 g/mol. The van der Waals surface area contributed by atoms with E-state index in [0.29, 0.717) is 30.0 Å². The topological polar surface area (TPSA) is 30.5 Å². The van der Waals surface area contributed by atoms with Gasteiger partial charge >= 0.3 is 0 Å². The summed E-state index contributed by atoms with van der Waals surface area (Å²) in [4.78, 5) is 0. The molecule has 2 aliphatic heterocycles. The van der Waals surface area contributed by atoms with E-state index in [1.165, 1.54) is 6.42 Å². The van der Waals surface area contributed by atoms with Crippen molar-refractivity contribution in [2.45, 2.75) is 58.2 Å². The van der Waals surface area contributed by atoms with Crippen LogP contribution in [0, 0.1) is 11.8 Å². The molecule has 0 aromatic heterocycles. The maximum Gasteiger partial charge on any atom is 0.0612 e. The lowest BCUT2D eigenvalue weighted by molar-refractivity contribution is -0.0266. The summed E-state index contributed by atoms with van der Waals surface area (Å²) in [6, 6.07) is 1.21. The van der Waals surface area contributed by atoms with Crippen LogP contribution in [0.4, 0.5) is 0 Å². The van der Waals surface area contributed by atoms with E-state index < -0.39 is 0 Å². The van der Waals surface area contributed by atoms with Crippen LogP contribution in [-0.4, -0.2) is 38.0 Å². The molecule has 0 saturated carbocycles. The first-order chi connectivity index (χ1) is 8.16. The number of rotatable bonds is 4. The zero-order valence-electron chi connectivity index (χ0n) is 11.4. The van der Waals surface area contributed by atoms with E-state index in [1.54, 1.807) is 0 Å². The van der Waals surface area contributed by atoms with Crippen molar-refractivity contribution in [1.29, 1.82) is 0 Å². The first-order valence-corrected chi connectivity index (χ1v) is 7.12. The van der Waals surface area contributed by atoms with Crippen LogP contribution in [0.1, 0.15) is 40.0 Å². The minimum Gasteiger partial charge on any atom is -0.381 e. The van der Waals surface area contributed by atoms with Crippen LogP contribution in [-0.2, 0) is 9.47 Å². The van der Waals surface area contributed by atoms with E-state index in [0.717, 1.165) is 32.7 Å². The highest BCUT2D eigenvalue weighted by Gasteiger charge is 2.28. The maximum absolute atomic E-state index is 5.81. The first kappa shape index (κ1) is 13.3. The second-order valence-electron chi connectivity index (χ2n) is 5.95. The molecular weight excluding hydrogens is 214 g/mol. The average Bonchev–Trinajstić information content (AvgIpc) is 2.82. The molecule has 17 heavy (non-hydrogen) atoms. The molecule has 0 aliphatic carbocycles. The molecule has 0 aromatic rings. The normalized spacial score (nSPS) is 36.4. The van der Waals surface area contributed by atoms with Crippen molar-refractivity contribution in [2.24, 2.45) is 11.8 Å². The zero-order chi connectivity index (χ0) is 12.3. The minimum absolute atomic E-state index is 0.438. The summed E-state index contributed by atoms with van der Waals surface area (Å²) in [6.45, 7) is 9.60. The van der Waals surface area contributed by atoms with Gasteiger partial charge in [0.1, 0.15) is 0 Å². The predicted molar refractivity (Wildman–Crippen MR) is 69.1 cm³/mol. The van der Waals surface area contributed by atoms with E-state index in [2.05, 4.69) is 26.1 Å². The third-order valence-corrected chi connectivity index (χ3v) is 4.23. The summed E-state index contributed by atoms with van der Waals surface area (Å²) in [5.74, 6) is 1.33. The van der Waals surface area contributed by atoms with Gasteiger partial charge in [0.15, 0.2) is 0 Å². The third kappa shape index (κ3) is 3.67. The molecule has 2 rings (SSSR count). The molecule has 2 aliphatic rings. The highest BCUT2D eigenvalue weighted by Crippen LogP contribution is 2.23. The van der Waals surface area contributed by atoms with Crippen molar-refractivity contribution in [3.8, 4) is 0 Å². The summed E-state index contributed by atoms with van der Waals surface area (Å²) in [5, 5.41) is 3.79. The average molecular weight is 241 g/mol. The molecule has 1 N–H and O–H groups in total. The lowest BCUT2D eigenvalue weighted by Gasteiger charge is -2.35. The van der Waals surface area contributed by atoms with Crippen molar-refractivity contribution in [2.75, 3.05) is 19.8 Å². The Morgan fingerprint density at radius 3 is 2.59 bits per heavy atom. The van der Waals surface area contributed by atoms with Crippen LogP contribution in [0.3, 0.4) is 0 Å². The number of ether oxygens (including phenoxy) is 2. The van der Waals surface area contributed by atoms with Gasteiger partial charge in [-0.15, -0.1) is 0 Å². The Morgan fingerprint density at radius 2 is 1.94 bits per heavy atom. The number of hydrogen-bond donors (Lipinski definition) is 1. The van der Waals surface area contributed by atoms with E-state index in [1.807, 2.05) is 0 Å². The molecule has 3 nitrogen and oxygen atoms in total. The molecule has 0 amide bonds. The largest absolute Gasteiger partial charge is 0.381 e. The molecule has 0 aromatic carbocycles. The Balaban J connectivity index is 1.77. The second-order valence-corrected chi connectivity index (χ2v) is 5.95. The van der Waals surface area contributed by atoms with Gasteiger partial charge in [0.05, 0.1) is 12.7 Å². The molecule has 100 valence electrons. The summed E-state index contributed by atoms with van der Waals surface area (Å²) in [7, 11) is 0. The highest BCUT2D eigenvalue weighted by atomic mass is 16.5. The lowest BCUT2D eigenvalue weighted by Crippen LogP contribution is -2.46. The van der Waals surface area contributed by atoms with Gasteiger partial charge in [0.2, 0.25) is 0 Å². The Kier molecular flexibility index (Phi) is 4.83. The molecule has 0 radical (unpaired) electrons. The van der Waals surface area contributed by atoms with Crippen molar-refractivity contribution in [3.63, 3.8) is 0 Å². The smallest absolute Gasteiger partial charge is 0.0612 e. The Morgan fingerprint density at radius 1 is 1.12 bits per heavy atom. The standard InChI is InChI=1S/C14H27NO2/c1-10(2)14-8-13(5-7-17-14)15-11(3)12-4-6-16-9-12/h10-15H,4-9H2,1-3H3. The summed E-state index contributed by atoms with van der Waals surface area (Å²) < 4.78 is 11.3. The summed E-state index contributed by atoms with van der Waals surface area (Å²) >= 11 is 0. The lowest BCUT2D eigenvalue weighted by atomic mass is 9.93. The minimum atomic E-state index is 0.438. The molecular formula is C14H27NO2. The summed E-state index contributed by atoms with van der Waals surface area (Å²) in [5.41, 5.74) is 0. The molecule has 4 unspecified atom stereocenters. The van der Waals surface area contributed by atoms with E-state index >= 15 is 0 Å². The molecule has 2 saturated heterocycles.